The minimum atomic E-state index is 0.491. The molecule has 0 aromatic rings. The number of ketones is 1. The highest BCUT2D eigenvalue weighted by Crippen LogP contribution is 2.29. The monoisotopic (exact) mass is 167 g/mol. The second-order valence-corrected chi connectivity index (χ2v) is 4.20. The largest absolute Gasteiger partial charge is 0.300 e. The zero-order valence-corrected chi connectivity index (χ0v) is 7.75. The van der Waals surface area contributed by atoms with Gasteiger partial charge in [-0.1, -0.05) is 12.8 Å². The van der Waals surface area contributed by atoms with Gasteiger partial charge in [0.25, 0.3) is 0 Å². The van der Waals surface area contributed by atoms with E-state index in [1.807, 2.05) is 0 Å². The van der Waals surface area contributed by atoms with Crippen molar-refractivity contribution in [1.29, 1.82) is 0 Å². The summed E-state index contributed by atoms with van der Waals surface area (Å²) in [6.45, 7) is 0. The molecular weight excluding hydrogens is 150 g/mol. The summed E-state index contributed by atoms with van der Waals surface area (Å²) in [5, 5.41) is 0. The molecule has 2 bridgehead atoms. The van der Waals surface area contributed by atoms with Gasteiger partial charge in [0.15, 0.2) is 0 Å². The summed E-state index contributed by atoms with van der Waals surface area (Å²) < 4.78 is 0. The van der Waals surface area contributed by atoms with Crippen molar-refractivity contribution in [3.63, 3.8) is 0 Å². The van der Waals surface area contributed by atoms with Gasteiger partial charge in [-0.25, -0.2) is 0 Å². The van der Waals surface area contributed by atoms with Crippen LogP contribution in [0, 0.1) is 0 Å². The molecule has 0 unspecified atom stereocenters. The van der Waals surface area contributed by atoms with Gasteiger partial charge in [-0.15, -0.1) is 0 Å². The second kappa shape index (κ2) is 3.17. The number of nitrogens with zero attached hydrogens (tertiary/aromatic N) is 1. The Morgan fingerprint density at radius 1 is 1.17 bits per heavy atom. The number of piperidine rings is 1. The number of hydrogen-bond acceptors (Lipinski definition) is 2. The number of rotatable bonds is 0. The van der Waals surface area contributed by atoms with Crippen molar-refractivity contribution >= 4 is 5.78 Å². The van der Waals surface area contributed by atoms with Gasteiger partial charge in [0.05, 0.1) is 0 Å². The lowest BCUT2D eigenvalue weighted by molar-refractivity contribution is -0.124. The summed E-state index contributed by atoms with van der Waals surface area (Å²) in [5.41, 5.74) is 0. The van der Waals surface area contributed by atoms with E-state index in [1.54, 1.807) is 0 Å². The fraction of sp³-hybridized carbons (Fsp3) is 0.900. The third-order valence-electron chi connectivity index (χ3n) is 3.40. The molecule has 2 aliphatic rings. The van der Waals surface area contributed by atoms with Gasteiger partial charge in [-0.05, 0) is 19.9 Å². The van der Waals surface area contributed by atoms with Crippen LogP contribution in [0.4, 0.5) is 0 Å². The van der Waals surface area contributed by atoms with E-state index in [9.17, 15) is 4.79 Å². The average Bonchev–Trinajstić information content (AvgIpc) is 2.19. The summed E-state index contributed by atoms with van der Waals surface area (Å²) in [4.78, 5) is 13.8. The summed E-state index contributed by atoms with van der Waals surface area (Å²) in [6.07, 6.45) is 6.73. The summed E-state index contributed by atoms with van der Waals surface area (Å²) in [5.74, 6) is 0.491. The maximum atomic E-state index is 11.3. The van der Waals surface area contributed by atoms with E-state index < -0.39 is 0 Å². The van der Waals surface area contributed by atoms with Gasteiger partial charge < -0.3 is 0 Å². The van der Waals surface area contributed by atoms with E-state index in [0.29, 0.717) is 17.9 Å². The van der Waals surface area contributed by atoms with Crippen LogP contribution in [-0.2, 0) is 4.79 Å². The average molecular weight is 167 g/mol. The minimum Gasteiger partial charge on any atom is -0.300 e. The molecule has 0 N–H and O–H groups in total. The normalized spacial score (nSPS) is 37.9. The van der Waals surface area contributed by atoms with Crippen LogP contribution in [0.1, 0.15) is 38.5 Å². The number of fused-ring (bicyclic) bond motifs is 2. The Hall–Kier alpha value is -0.370. The maximum absolute atomic E-state index is 11.3. The molecule has 2 fully saturated rings. The Balaban J connectivity index is 2.13. The van der Waals surface area contributed by atoms with Crippen LogP contribution < -0.4 is 0 Å². The van der Waals surface area contributed by atoms with Gasteiger partial charge >= 0.3 is 0 Å². The molecule has 2 saturated heterocycles. The highest BCUT2D eigenvalue weighted by molar-refractivity contribution is 5.80. The van der Waals surface area contributed by atoms with Gasteiger partial charge in [0.1, 0.15) is 5.78 Å². The first-order chi connectivity index (χ1) is 5.77. The molecule has 0 saturated carbocycles. The second-order valence-electron chi connectivity index (χ2n) is 4.20. The standard InChI is InChI=1S/C10H17NO/c1-11-8-4-2-3-5-9(11)7-10(12)6-8/h8-9H,2-7H2,1H3/t8-,9+. The van der Waals surface area contributed by atoms with Crippen LogP contribution in [0.5, 0.6) is 0 Å². The molecule has 68 valence electrons. The zero-order valence-electron chi connectivity index (χ0n) is 7.75. The molecule has 0 aromatic carbocycles. The lowest BCUT2D eigenvalue weighted by Gasteiger charge is -2.36. The van der Waals surface area contributed by atoms with Crippen LogP contribution >= 0.6 is 0 Å². The number of Topliss-reactive ketones (excluding diaryl/α,β-unsaturated/α-hetero) is 1. The number of carbonyl (C=O) groups is 1. The molecule has 12 heavy (non-hydrogen) atoms. The molecule has 0 aliphatic carbocycles. The van der Waals surface area contributed by atoms with Crippen LogP contribution in [0.3, 0.4) is 0 Å². The van der Waals surface area contributed by atoms with Crippen molar-refractivity contribution in [3.8, 4) is 0 Å². The fourth-order valence-electron chi connectivity index (χ4n) is 2.57. The van der Waals surface area contributed by atoms with Crippen molar-refractivity contribution in [2.75, 3.05) is 7.05 Å². The molecular formula is C10H17NO. The van der Waals surface area contributed by atoms with Gasteiger partial charge in [-0.3, -0.25) is 9.69 Å². The third kappa shape index (κ3) is 1.40. The zero-order chi connectivity index (χ0) is 8.55. The Morgan fingerprint density at radius 2 is 1.67 bits per heavy atom. The van der Waals surface area contributed by atoms with E-state index in [2.05, 4.69) is 11.9 Å². The van der Waals surface area contributed by atoms with Gasteiger partial charge in [0, 0.05) is 24.9 Å². The lowest BCUT2D eigenvalue weighted by Crippen LogP contribution is -2.45. The van der Waals surface area contributed by atoms with Crippen molar-refractivity contribution < 1.29 is 4.79 Å². The predicted octanol–water partition coefficient (Wildman–Crippen LogP) is 1.59. The van der Waals surface area contributed by atoms with Crippen LogP contribution in [0.25, 0.3) is 0 Å². The highest BCUT2D eigenvalue weighted by atomic mass is 16.1. The van der Waals surface area contributed by atoms with E-state index in [-0.39, 0.29) is 0 Å². The fourth-order valence-corrected chi connectivity index (χ4v) is 2.57. The van der Waals surface area contributed by atoms with E-state index in [4.69, 9.17) is 0 Å². The highest BCUT2D eigenvalue weighted by Gasteiger charge is 2.33. The molecule has 0 radical (unpaired) electrons. The smallest absolute Gasteiger partial charge is 0.136 e. The molecule has 2 rings (SSSR count). The van der Waals surface area contributed by atoms with E-state index in [0.717, 1.165) is 12.8 Å². The molecule has 0 aromatic heterocycles. The Kier molecular flexibility index (Phi) is 2.18. The SMILES string of the molecule is CN1[C@@H]2CCCC[C@H]1CC(=O)C2. The van der Waals surface area contributed by atoms with Crippen LogP contribution in [-0.4, -0.2) is 29.8 Å². The molecule has 0 amide bonds. The molecule has 2 aliphatic heterocycles. The Morgan fingerprint density at radius 3 is 2.17 bits per heavy atom. The molecule has 2 heteroatoms. The van der Waals surface area contributed by atoms with Crippen LogP contribution in [0.2, 0.25) is 0 Å². The lowest BCUT2D eigenvalue weighted by atomic mass is 9.94. The van der Waals surface area contributed by atoms with E-state index >= 15 is 0 Å². The molecule has 2 atom stereocenters. The van der Waals surface area contributed by atoms with Crippen LogP contribution in [0.15, 0.2) is 0 Å². The third-order valence-corrected chi connectivity index (χ3v) is 3.40. The number of carbonyl (C=O) groups excluding carboxylic acids is 1. The van der Waals surface area contributed by atoms with Crippen molar-refractivity contribution in [2.45, 2.75) is 50.6 Å². The summed E-state index contributed by atoms with van der Waals surface area (Å²) in [7, 11) is 2.19. The maximum Gasteiger partial charge on any atom is 0.136 e. The van der Waals surface area contributed by atoms with Crippen molar-refractivity contribution in [3.05, 3.63) is 0 Å². The van der Waals surface area contributed by atoms with Crippen molar-refractivity contribution in [2.24, 2.45) is 0 Å². The minimum absolute atomic E-state index is 0.491. The summed E-state index contributed by atoms with van der Waals surface area (Å²) in [6, 6.07) is 1.14. The molecule has 2 nitrogen and oxygen atoms in total. The van der Waals surface area contributed by atoms with E-state index in [1.165, 1.54) is 25.7 Å². The molecule has 2 heterocycles. The first kappa shape index (κ1) is 8.24. The predicted molar refractivity (Wildman–Crippen MR) is 48.0 cm³/mol. The quantitative estimate of drug-likeness (QED) is 0.546. The Labute approximate surface area is 73.9 Å². The number of hydrogen-bond donors (Lipinski definition) is 0. The van der Waals surface area contributed by atoms with Gasteiger partial charge in [0.2, 0.25) is 0 Å². The topological polar surface area (TPSA) is 20.3 Å². The molecule has 0 spiro atoms. The first-order valence-corrected chi connectivity index (χ1v) is 5.01. The Bertz CT molecular complexity index is 172. The first-order valence-electron chi connectivity index (χ1n) is 5.01. The van der Waals surface area contributed by atoms with Gasteiger partial charge in [-0.2, -0.15) is 0 Å². The summed E-state index contributed by atoms with van der Waals surface area (Å²) >= 11 is 0. The van der Waals surface area contributed by atoms with Crippen molar-refractivity contribution in [1.82, 2.24) is 4.90 Å².